The van der Waals surface area contributed by atoms with Crippen molar-refractivity contribution in [2.75, 3.05) is 6.54 Å². The van der Waals surface area contributed by atoms with Gasteiger partial charge in [0.25, 0.3) is 0 Å². The van der Waals surface area contributed by atoms with Gasteiger partial charge in [0.05, 0.1) is 11.7 Å². The van der Waals surface area contributed by atoms with Crippen LogP contribution in [-0.4, -0.2) is 11.5 Å². The van der Waals surface area contributed by atoms with E-state index in [1.165, 1.54) is 31.7 Å². The van der Waals surface area contributed by atoms with E-state index in [2.05, 4.69) is 24.1 Å². The van der Waals surface area contributed by atoms with Gasteiger partial charge < -0.3 is 5.32 Å². The second kappa shape index (κ2) is 6.99. The van der Waals surface area contributed by atoms with E-state index >= 15 is 0 Å². The van der Waals surface area contributed by atoms with E-state index in [1.54, 1.807) is 12.3 Å². The summed E-state index contributed by atoms with van der Waals surface area (Å²) in [5, 5.41) is 3.51. The molecular weight excluding hydrogens is 239 g/mol. The van der Waals surface area contributed by atoms with Gasteiger partial charge in [-0.15, -0.1) is 0 Å². The highest BCUT2D eigenvalue weighted by Gasteiger charge is 2.29. The molecule has 3 heteroatoms. The van der Waals surface area contributed by atoms with Crippen molar-refractivity contribution in [3.8, 4) is 0 Å². The second-order valence-corrected chi connectivity index (χ2v) is 5.82. The lowest BCUT2D eigenvalue weighted by molar-refractivity contribution is 0.225. The topological polar surface area (TPSA) is 24.9 Å². The zero-order valence-corrected chi connectivity index (χ0v) is 12.0. The lowest BCUT2D eigenvalue weighted by Gasteiger charge is -2.33. The van der Waals surface area contributed by atoms with E-state index in [4.69, 9.17) is 0 Å². The highest BCUT2D eigenvalue weighted by atomic mass is 19.1. The molecule has 1 aromatic rings. The molecule has 0 radical (unpaired) electrons. The Kier molecular flexibility index (Phi) is 5.32. The summed E-state index contributed by atoms with van der Waals surface area (Å²) >= 11 is 0. The summed E-state index contributed by atoms with van der Waals surface area (Å²) in [5.41, 5.74) is 0.607. The summed E-state index contributed by atoms with van der Waals surface area (Å²) in [4.78, 5) is 4.29. The van der Waals surface area contributed by atoms with Gasteiger partial charge in [0, 0.05) is 6.20 Å². The van der Waals surface area contributed by atoms with Gasteiger partial charge in [0.15, 0.2) is 0 Å². The maximum absolute atomic E-state index is 14.0. The third-order valence-corrected chi connectivity index (χ3v) is 4.23. The summed E-state index contributed by atoms with van der Waals surface area (Å²) in [6.45, 7) is 5.38. The Balaban J connectivity index is 2.13. The molecule has 1 fully saturated rings. The Hall–Kier alpha value is -0.960. The number of pyridine rings is 1. The average Bonchev–Trinajstić information content (AvgIpc) is 2.43. The van der Waals surface area contributed by atoms with E-state index in [9.17, 15) is 4.39 Å². The van der Waals surface area contributed by atoms with Crippen molar-refractivity contribution in [1.82, 2.24) is 10.3 Å². The Morgan fingerprint density at radius 2 is 2.11 bits per heavy atom. The first-order valence-corrected chi connectivity index (χ1v) is 7.56. The maximum Gasteiger partial charge on any atom is 0.146 e. The third-order valence-electron chi connectivity index (χ3n) is 4.23. The molecule has 1 atom stereocenters. The van der Waals surface area contributed by atoms with Gasteiger partial charge in [0.2, 0.25) is 0 Å². The molecule has 2 nitrogen and oxygen atoms in total. The van der Waals surface area contributed by atoms with E-state index in [-0.39, 0.29) is 11.9 Å². The van der Waals surface area contributed by atoms with Crippen LogP contribution in [0.25, 0.3) is 0 Å². The van der Waals surface area contributed by atoms with Crippen molar-refractivity contribution in [3.05, 3.63) is 29.8 Å². The Morgan fingerprint density at radius 1 is 1.37 bits per heavy atom. The summed E-state index contributed by atoms with van der Waals surface area (Å²) in [6.07, 6.45) is 7.63. The molecule has 1 heterocycles. The smallest absolute Gasteiger partial charge is 0.146 e. The minimum Gasteiger partial charge on any atom is -0.308 e. The molecular formula is C16H25FN2. The van der Waals surface area contributed by atoms with Crippen molar-refractivity contribution >= 4 is 0 Å². The fourth-order valence-corrected chi connectivity index (χ4v) is 3.03. The van der Waals surface area contributed by atoms with Crippen LogP contribution in [0.2, 0.25) is 0 Å². The largest absolute Gasteiger partial charge is 0.308 e. The van der Waals surface area contributed by atoms with E-state index in [0.717, 1.165) is 18.9 Å². The van der Waals surface area contributed by atoms with Crippen molar-refractivity contribution < 1.29 is 4.39 Å². The molecule has 1 aliphatic carbocycles. The highest BCUT2D eigenvalue weighted by Crippen LogP contribution is 2.36. The number of halogens is 1. The normalized spacial score (nSPS) is 25.2. The predicted molar refractivity (Wildman–Crippen MR) is 76.4 cm³/mol. The number of hydrogen-bond acceptors (Lipinski definition) is 2. The minimum atomic E-state index is -0.172. The van der Waals surface area contributed by atoms with E-state index in [0.29, 0.717) is 11.6 Å². The third kappa shape index (κ3) is 3.75. The summed E-state index contributed by atoms with van der Waals surface area (Å²) in [5.74, 6) is 1.17. The fourth-order valence-electron chi connectivity index (χ4n) is 3.03. The van der Waals surface area contributed by atoms with Crippen LogP contribution in [0.15, 0.2) is 18.3 Å². The summed E-state index contributed by atoms with van der Waals surface area (Å²) < 4.78 is 14.0. The lowest BCUT2D eigenvalue weighted by atomic mass is 9.78. The van der Waals surface area contributed by atoms with Crippen LogP contribution in [0, 0.1) is 17.7 Å². The zero-order valence-electron chi connectivity index (χ0n) is 12.0. The quantitative estimate of drug-likeness (QED) is 0.866. The molecule has 0 bridgehead atoms. The number of rotatable bonds is 5. The molecule has 2 rings (SSSR count). The number of aromatic nitrogens is 1. The van der Waals surface area contributed by atoms with Crippen molar-refractivity contribution in [2.24, 2.45) is 11.8 Å². The van der Waals surface area contributed by atoms with Crippen molar-refractivity contribution in [1.29, 1.82) is 0 Å². The standard InChI is InChI=1S/C16H25FN2/c1-3-10-18-15(13-8-6-12(2)7-9-13)16-14(17)5-4-11-19-16/h4-5,11-13,15,18H,3,6-10H2,1-2H3. The molecule has 1 aromatic heterocycles. The molecule has 1 N–H and O–H groups in total. The molecule has 1 aliphatic rings. The highest BCUT2D eigenvalue weighted by molar-refractivity contribution is 5.13. The lowest BCUT2D eigenvalue weighted by Crippen LogP contribution is -2.32. The van der Waals surface area contributed by atoms with E-state index in [1.807, 2.05) is 0 Å². The average molecular weight is 264 g/mol. The molecule has 19 heavy (non-hydrogen) atoms. The van der Waals surface area contributed by atoms with Crippen LogP contribution in [0.1, 0.15) is 57.7 Å². The fraction of sp³-hybridized carbons (Fsp3) is 0.688. The maximum atomic E-state index is 14.0. The second-order valence-electron chi connectivity index (χ2n) is 5.82. The molecule has 0 amide bonds. The Labute approximate surface area is 115 Å². The van der Waals surface area contributed by atoms with Crippen LogP contribution in [-0.2, 0) is 0 Å². The first kappa shape index (κ1) is 14.4. The SMILES string of the molecule is CCCNC(c1ncccc1F)C1CCC(C)CC1. The molecule has 0 saturated heterocycles. The number of nitrogens with one attached hydrogen (secondary N) is 1. The van der Waals surface area contributed by atoms with Crippen molar-refractivity contribution in [2.45, 2.75) is 52.0 Å². The molecule has 0 aliphatic heterocycles. The first-order valence-electron chi connectivity index (χ1n) is 7.56. The molecule has 0 aromatic carbocycles. The van der Waals surface area contributed by atoms with Crippen LogP contribution in [0.5, 0.6) is 0 Å². The molecule has 1 unspecified atom stereocenters. The predicted octanol–water partition coefficient (Wildman–Crippen LogP) is 4.09. The van der Waals surface area contributed by atoms with Crippen molar-refractivity contribution in [3.63, 3.8) is 0 Å². The van der Waals surface area contributed by atoms with Gasteiger partial charge in [-0.1, -0.05) is 26.7 Å². The van der Waals surface area contributed by atoms with Gasteiger partial charge >= 0.3 is 0 Å². The molecule has 106 valence electrons. The van der Waals surface area contributed by atoms with Gasteiger partial charge in [-0.2, -0.15) is 0 Å². The van der Waals surface area contributed by atoms with Crippen LogP contribution in [0.3, 0.4) is 0 Å². The molecule has 1 saturated carbocycles. The van der Waals surface area contributed by atoms with Gasteiger partial charge in [-0.05, 0) is 49.8 Å². The summed E-state index contributed by atoms with van der Waals surface area (Å²) in [6, 6.07) is 3.27. The Morgan fingerprint density at radius 3 is 2.74 bits per heavy atom. The summed E-state index contributed by atoms with van der Waals surface area (Å²) in [7, 11) is 0. The van der Waals surface area contributed by atoms with E-state index < -0.39 is 0 Å². The van der Waals surface area contributed by atoms with Crippen LogP contribution < -0.4 is 5.32 Å². The van der Waals surface area contributed by atoms with Crippen LogP contribution in [0.4, 0.5) is 4.39 Å². The van der Waals surface area contributed by atoms with Gasteiger partial charge in [0.1, 0.15) is 5.82 Å². The van der Waals surface area contributed by atoms with Gasteiger partial charge in [-0.3, -0.25) is 4.98 Å². The first-order chi connectivity index (χ1) is 9.22. The zero-order chi connectivity index (χ0) is 13.7. The Bertz CT molecular complexity index is 386. The number of nitrogens with zero attached hydrogens (tertiary/aromatic N) is 1. The van der Waals surface area contributed by atoms with Crippen LogP contribution >= 0.6 is 0 Å². The monoisotopic (exact) mass is 264 g/mol. The van der Waals surface area contributed by atoms with Gasteiger partial charge in [-0.25, -0.2) is 4.39 Å². The molecule has 0 spiro atoms. The minimum absolute atomic E-state index is 0.0775. The number of hydrogen-bond donors (Lipinski definition) is 1.